The first kappa shape index (κ1) is 17.1. The summed E-state index contributed by atoms with van der Waals surface area (Å²) in [6.45, 7) is 2.13. The Bertz CT molecular complexity index is 722. The number of hydrogen-bond acceptors (Lipinski definition) is 3. The maximum Gasteiger partial charge on any atom is 0.306 e. The maximum atomic E-state index is 12.7. The Morgan fingerprint density at radius 1 is 1.04 bits per heavy atom. The molecule has 0 radical (unpaired) electrons. The van der Waals surface area contributed by atoms with Crippen molar-refractivity contribution in [3.63, 3.8) is 0 Å². The number of benzene rings is 1. The molecule has 0 spiro atoms. The summed E-state index contributed by atoms with van der Waals surface area (Å²) in [5.41, 5.74) is 1.50. The second-order valence-electron chi connectivity index (χ2n) is 7.67. The van der Waals surface area contributed by atoms with Crippen molar-refractivity contribution >= 4 is 23.5 Å². The van der Waals surface area contributed by atoms with Crippen molar-refractivity contribution in [2.75, 3.05) is 24.5 Å². The van der Waals surface area contributed by atoms with Crippen LogP contribution in [0.25, 0.3) is 0 Å². The van der Waals surface area contributed by atoms with Crippen LogP contribution in [0.5, 0.6) is 0 Å². The summed E-state index contributed by atoms with van der Waals surface area (Å²) in [7, 11) is 0. The van der Waals surface area contributed by atoms with Gasteiger partial charge in [0.2, 0.25) is 5.91 Å². The van der Waals surface area contributed by atoms with Crippen molar-refractivity contribution in [2.24, 2.45) is 17.8 Å². The zero-order valence-electron chi connectivity index (χ0n) is 14.8. The van der Waals surface area contributed by atoms with E-state index in [1.807, 2.05) is 17.0 Å². The molecular weight excluding hydrogens is 332 g/mol. The van der Waals surface area contributed by atoms with Gasteiger partial charge in [0, 0.05) is 37.3 Å². The Kier molecular flexibility index (Phi) is 4.42. The lowest BCUT2D eigenvalue weighted by Crippen LogP contribution is -2.39. The number of rotatable bonds is 4. The summed E-state index contributed by atoms with van der Waals surface area (Å²) >= 11 is 0. The number of anilines is 1. The Morgan fingerprint density at radius 3 is 2.27 bits per heavy atom. The summed E-state index contributed by atoms with van der Waals surface area (Å²) in [4.78, 5) is 39.2. The number of carbonyl (C=O) groups excluding carboxylic acids is 2. The number of likely N-dealkylation sites (tertiary alicyclic amines) is 1. The van der Waals surface area contributed by atoms with Gasteiger partial charge < -0.3 is 14.9 Å². The van der Waals surface area contributed by atoms with E-state index in [4.69, 9.17) is 5.11 Å². The van der Waals surface area contributed by atoms with Gasteiger partial charge >= 0.3 is 5.97 Å². The lowest BCUT2D eigenvalue weighted by molar-refractivity contribution is -0.139. The molecule has 2 aliphatic heterocycles. The third-order valence-electron chi connectivity index (χ3n) is 6.09. The van der Waals surface area contributed by atoms with Crippen LogP contribution in [0.3, 0.4) is 0 Å². The average Bonchev–Trinajstić information content (AvgIpc) is 3.36. The second-order valence-corrected chi connectivity index (χ2v) is 7.67. The lowest BCUT2D eigenvalue weighted by Gasteiger charge is -2.32. The molecule has 2 heterocycles. The van der Waals surface area contributed by atoms with Gasteiger partial charge in [-0.05, 0) is 61.8 Å². The van der Waals surface area contributed by atoms with E-state index in [9.17, 15) is 14.4 Å². The van der Waals surface area contributed by atoms with Crippen LogP contribution in [-0.4, -0.2) is 47.4 Å². The molecular formula is C20H24N2O4. The number of carboxylic acid groups (broad SMARTS) is 1. The van der Waals surface area contributed by atoms with E-state index in [1.165, 1.54) is 0 Å². The number of amides is 2. The zero-order valence-corrected chi connectivity index (χ0v) is 14.8. The first-order valence-electron chi connectivity index (χ1n) is 9.47. The van der Waals surface area contributed by atoms with Crippen LogP contribution in [0.15, 0.2) is 24.3 Å². The number of carbonyl (C=O) groups is 3. The molecule has 1 aromatic carbocycles. The van der Waals surface area contributed by atoms with Gasteiger partial charge in [-0.1, -0.05) is 0 Å². The van der Waals surface area contributed by atoms with Crippen LogP contribution in [0.2, 0.25) is 0 Å². The summed E-state index contributed by atoms with van der Waals surface area (Å²) in [6.07, 6.45) is 4.06. The number of hydrogen-bond donors (Lipinski definition) is 1. The summed E-state index contributed by atoms with van der Waals surface area (Å²) in [5.74, 6) is 0.0677. The highest BCUT2D eigenvalue weighted by Gasteiger charge is 2.48. The first-order valence-corrected chi connectivity index (χ1v) is 9.47. The number of nitrogens with zero attached hydrogens (tertiary/aromatic N) is 2. The quantitative estimate of drug-likeness (QED) is 0.898. The van der Waals surface area contributed by atoms with Crippen molar-refractivity contribution < 1.29 is 19.5 Å². The fourth-order valence-corrected chi connectivity index (χ4v) is 4.44. The SMILES string of the molecule is O=C(O)[C@@H]1C[C@H]1C1CCN(C(=O)c2ccc(N3CCCC3=O)cc2)CC1. The Balaban J connectivity index is 1.34. The molecule has 26 heavy (non-hydrogen) atoms. The van der Waals surface area contributed by atoms with Crippen LogP contribution >= 0.6 is 0 Å². The van der Waals surface area contributed by atoms with Crippen LogP contribution in [0, 0.1) is 17.8 Å². The van der Waals surface area contributed by atoms with Gasteiger partial charge in [-0.15, -0.1) is 0 Å². The standard InChI is InChI=1S/C20H24N2O4/c23-18-2-1-9-22(18)15-5-3-14(4-6-15)19(24)21-10-7-13(8-11-21)16-12-17(16)20(25)26/h3-6,13,16-17H,1-2,7-12H2,(H,25,26)/t16-,17+/m0/s1. The van der Waals surface area contributed by atoms with E-state index in [1.54, 1.807) is 17.0 Å². The van der Waals surface area contributed by atoms with Crippen molar-refractivity contribution in [2.45, 2.75) is 32.1 Å². The minimum atomic E-state index is -0.676. The van der Waals surface area contributed by atoms with Crippen LogP contribution in [0.1, 0.15) is 42.5 Å². The highest BCUT2D eigenvalue weighted by molar-refractivity contribution is 5.97. The van der Waals surface area contributed by atoms with Gasteiger partial charge in [-0.2, -0.15) is 0 Å². The molecule has 0 aromatic heterocycles. The monoisotopic (exact) mass is 356 g/mol. The molecule has 6 heteroatoms. The van der Waals surface area contributed by atoms with E-state index in [-0.39, 0.29) is 17.7 Å². The summed E-state index contributed by atoms with van der Waals surface area (Å²) < 4.78 is 0. The van der Waals surface area contributed by atoms with Gasteiger partial charge in [0.1, 0.15) is 0 Å². The van der Waals surface area contributed by atoms with Gasteiger partial charge in [0.25, 0.3) is 5.91 Å². The molecule has 138 valence electrons. The Labute approximate surface area is 152 Å². The lowest BCUT2D eigenvalue weighted by atomic mass is 9.90. The summed E-state index contributed by atoms with van der Waals surface area (Å²) in [5, 5.41) is 9.07. The van der Waals surface area contributed by atoms with E-state index < -0.39 is 5.97 Å². The predicted molar refractivity (Wildman–Crippen MR) is 95.9 cm³/mol. The average molecular weight is 356 g/mol. The van der Waals surface area contributed by atoms with Crippen molar-refractivity contribution in [1.82, 2.24) is 4.90 Å². The van der Waals surface area contributed by atoms with E-state index in [2.05, 4.69) is 0 Å². The smallest absolute Gasteiger partial charge is 0.306 e. The van der Waals surface area contributed by atoms with Gasteiger partial charge in [0.05, 0.1) is 5.92 Å². The van der Waals surface area contributed by atoms with Crippen LogP contribution in [-0.2, 0) is 9.59 Å². The molecule has 1 saturated carbocycles. The molecule has 0 unspecified atom stereocenters. The minimum Gasteiger partial charge on any atom is -0.481 e. The predicted octanol–water partition coefficient (Wildman–Crippen LogP) is 2.39. The minimum absolute atomic E-state index is 0.0216. The largest absolute Gasteiger partial charge is 0.481 e. The van der Waals surface area contributed by atoms with E-state index in [0.29, 0.717) is 36.9 Å². The normalized spacial score (nSPS) is 26.2. The fraction of sp³-hybridized carbons (Fsp3) is 0.550. The third-order valence-corrected chi connectivity index (χ3v) is 6.09. The van der Waals surface area contributed by atoms with Gasteiger partial charge in [-0.25, -0.2) is 0 Å². The Hall–Kier alpha value is -2.37. The van der Waals surface area contributed by atoms with E-state index >= 15 is 0 Å². The second kappa shape index (κ2) is 6.74. The zero-order chi connectivity index (χ0) is 18.3. The molecule has 4 rings (SSSR count). The fourth-order valence-electron chi connectivity index (χ4n) is 4.44. The molecule has 2 saturated heterocycles. The van der Waals surface area contributed by atoms with Crippen LogP contribution < -0.4 is 4.90 Å². The molecule has 1 N–H and O–H groups in total. The number of piperidine rings is 1. The molecule has 1 aromatic rings. The van der Waals surface area contributed by atoms with E-state index in [0.717, 1.165) is 37.9 Å². The van der Waals surface area contributed by atoms with Crippen LogP contribution in [0.4, 0.5) is 5.69 Å². The highest BCUT2D eigenvalue weighted by Crippen LogP contribution is 2.48. The molecule has 3 aliphatic rings. The molecule has 6 nitrogen and oxygen atoms in total. The molecule has 1 aliphatic carbocycles. The maximum absolute atomic E-state index is 12.7. The molecule has 2 amide bonds. The summed E-state index contributed by atoms with van der Waals surface area (Å²) in [6, 6.07) is 7.31. The third kappa shape index (κ3) is 3.20. The highest BCUT2D eigenvalue weighted by atomic mass is 16.4. The Morgan fingerprint density at radius 2 is 1.73 bits per heavy atom. The topological polar surface area (TPSA) is 77.9 Å². The van der Waals surface area contributed by atoms with Crippen molar-refractivity contribution in [1.29, 1.82) is 0 Å². The molecule has 2 atom stereocenters. The van der Waals surface area contributed by atoms with Crippen molar-refractivity contribution in [3.8, 4) is 0 Å². The first-order chi connectivity index (χ1) is 12.5. The number of carboxylic acids is 1. The number of aliphatic carboxylic acids is 1. The van der Waals surface area contributed by atoms with Gasteiger partial charge in [-0.3, -0.25) is 14.4 Å². The van der Waals surface area contributed by atoms with Gasteiger partial charge in [0.15, 0.2) is 0 Å². The molecule has 0 bridgehead atoms. The van der Waals surface area contributed by atoms with Crippen molar-refractivity contribution in [3.05, 3.63) is 29.8 Å². The molecule has 3 fully saturated rings.